The molecule has 0 aromatic heterocycles. The first-order valence-electron chi connectivity index (χ1n) is 11.3. The molecular formula is C27H21Cl2F3NO5+. The first-order chi connectivity index (χ1) is 17.8. The number of aliphatic carboxylic acids is 1. The predicted molar refractivity (Wildman–Crippen MR) is 137 cm³/mol. The summed E-state index contributed by atoms with van der Waals surface area (Å²) in [4.78, 5) is 25.5. The van der Waals surface area contributed by atoms with Crippen LogP contribution in [0, 0.1) is 0 Å². The monoisotopic (exact) mass is 566 g/mol. The van der Waals surface area contributed by atoms with E-state index in [1.165, 1.54) is 43.3 Å². The van der Waals surface area contributed by atoms with Crippen LogP contribution in [0.3, 0.4) is 0 Å². The van der Waals surface area contributed by atoms with Gasteiger partial charge in [0, 0.05) is 35.2 Å². The number of amides is 1. The van der Waals surface area contributed by atoms with Gasteiger partial charge < -0.3 is 14.6 Å². The number of hydrogen-bond acceptors (Lipinski definition) is 4. The van der Waals surface area contributed by atoms with Gasteiger partial charge in [0.05, 0.1) is 10.6 Å². The molecule has 1 unspecified atom stereocenters. The van der Waals surface area contributed by atoms with Crippen molar-refractivity contribution in [1.29, 1.82) is 0 Å². The van der Waals surface area contributed by atoms with Crippen molar-refractivity contribution in [2.45, 2.75) is 32.9 Å². The molecule has 1 heterocycles. The predicted octanol–water partition coefficient (Wildman–Crippen LogP) is 7.47. The van der Waals surface area contributed by atoms with E-state index in [1.54, 1.807) is 37.3 Å². The van der Waals surface area contributed by atoms with Gasteiger partial charge in [0.25, 0.3) is 0 Å². The van der Waals surface area contributed by atoms with Crippen LogP contribution in [0.2, 0.25) is 10.0 Å². The molecule has 0 saturated carbocycles. The summed E-state index contributed by atoms with van der Waals surface area (Å²) in [5.74, 6) is -1.89. The topological polar surface area (TPSA) is 72.8 Å². The number of benzene rings is 3. The van der Waals surface area contributed by atoms with Crippen LogP contribution in [0.1, 0.15) is 35.3 Å². The number of hydrogen-bond donors (Lipinski definition) is 1. The van der Waals surface area contributed by atoms with Crippen molar-refractivity contribution >= 4 is 46.8 Å². The number of carbonyl (C=O) groups is 2. The molecule has 1 N–H and O–H groups in total. The van der Waals surface area contributed by atoms with Gasteiger partial charge in [0.2, 0.25) is 0 Å². The second-order valence-electron chi connectivity index (χ2n) is 8.70. The molecule has 0 aliphatic carbocycles. The first kappa shape index (κ1) is 27.5. The quantitative estimate of drug-likeness (QED) is 0.300. The number of fused-ring (bicyclic) bond motifs is 1. The lowest BCUT2D eigenvalue weighted by atomic mass is 10.1. The maximum Gasteiger partial charge on any atom is 0.573 e. The molecule has 0 fully saturated rings. The zero-order valence-electron chi connectivity index (χ0n) is 20.1. The molecule has 198 valence electrons. The molecule has 3 aromatic carbocycles. The van der Waals surface area contributed by atoms with Crippen molar-refractivity contribution in [3.05, 3.63) is 93.1 Å². The second-order valence-corrected chi connectivity index (χ2v) is 9.54. The molecule has 0 radical (unpaired) electrons. The number of halogens is 5. The maximum absolute atomic E-state index is 14.3. The Labute approximate surface area is 226 Å². The van der Waals surface area contributed by atoms with E-state index in [2.05, 4.69) is 4.74 Å². The molecule has 2 atom stereocenters. The summed E-state index contributed by atoms with van der Waals surface area (Å²) in [5, 5.41) is 9.57. The third kappa shape index (κ3) is 5.50. The van der Waals surface area contributed by atoms with E-state index in [1.807, 2.05) is 0 Å². The molecule has 4 rings (SSSR count). The Morgan fingerprint density at radius 3 is 2.42 bits per heavy atom. The number of carboxylic acid groups (broad SMARTS) is 1. The van der Waals surface area contributed by atoms with Crippen LogP contribution in [0.5, 0.6) is 11.5 Å². The minimum atomic E-state index is -4.93. The molecular weight excluding hydrogens is 546 g/mol. The van der Waals surface area contributed by atoms with Crippen LogP contribution in [0.4, 0.5) is 18.9 Å². The fourth-order valence-electron chi connectivity index (χ4n) is 4.36. The standard InChI is InChI=1S/C27H20Cl2F3NO5/c1-15-10-18-6-8-21(38-27(30,31)32)13-24(18)33(15,25(34)22-9-7-19(28)12-23(22)29)14-17-4-3-5-20(11-17)37-16(2)26(35)36/h3-13,16H,14H2,1-2H3/p+1/t16-,33?/m0/s1. The zero-order valence-corrected chi connectivity index (χ0v) is 21.6. The zero-order chi connectivity index (χ0) is 27.8. The van der Waals surface area contributed by atoms with Crippen molar-refractivity contribution in [3.8, 4) is 11.5 Å². The van der Waals surface area contributed by atoms with Crippen molar-refractivity contribution in [1.82, 2.24) is 4.48 Å². The number of nitrogens with zero attached hydrogens (tertiary/aromatic N) is 1. The maximum atomic E-state index is 14.3. The van der Waals surface area contributed by atoms with E-state index in [9.17, 15) is 27.9 Å². The summed E-state index contributed by atoms with van der Waals surface area (Å²) in [6.45, 7) is 3.03. The molecule has 0 spiro atoms. The summed E-state index contributed by atoms with van der Waals surface area (Å²) in [6, 6.07) is 14.7. The molecule has 1 aliphatic rings. The smallest absolute Gasteiger partial charge is 0.479 e. The van der Waals surface area contributed by atoms with Gasteiger partial charge in [0.15, 0.2) is 11.8 Å². The second kappa shape index (κ2) is 10.3. The van der Waals surface area contributed by atoms with Crippen LogP contribution in [0.15, 0.2) is 66.4 Å². The SMILES string of the molecule is CC1=Cc2ccc(OC(F)(F)F)cc2[N+]1(Cc1cccc(O[C@@H](C)C(=O)O)c1)C(=O)c1ccc(Cl)cc1Cl. The fraction of sp³-hybridized carbons (Fsp3) is 0.185. The summed E-state index contributed by atoms with van der Waals surface area (Å²) in [6.07, 6.45) is -4.35. The lowest BCUT2D eigenvalue weighted by Crippen LogP contribution is -2.50. The van der Waals surface area contributed by atoms with E-state index in [-0.39, 0.29) is 28.6 Å². The van der Waals surface area contributed by atoms with Crippen LogP contribution >= 0.6 is 23.2 Å². The van der Waals surface area contributed by atoms with Gasteiger partial charge in [-0.25, -0.2) is 9.59 Å². The molecule has 38 heavy (non-hydrogen) atoms. The third-order valence-electron chi connectivity index (χ3n) is 6.10. The largest absolute Gasteiger partial charge is 0.573 e. The number of carboxylic acids is 1. The summed E-state index contributed by atoms with van der Waals surface area (Å²) >= 11 is 12.4. The highest BCUT2D eigenvalue weighted by Gasteiger charge is 2.48. The third-order valence-corrected chi connectivity index (χ3v) is 6.65. The van der Waals surface area contributed by atoms with E-state index < -0.39 is 34.6 Å². The van der Waals surface area contributed by atoms with E-state index in [0.29, 0.717) is 21.8 Å². The Kier molecular flexibility index (Phi) is 7.47. The van der Waals surface area contributed by atoms with Crippen LogP contribution in [0.25, 0.3) is 6.08 Å². The Morgan fingerprint density at radius 1 is 1.03 bits per heavy atom. The molecule has 1 aliphatic heterocycles. The Morgan fingerprint density at radius 2 is 1.76 bits per heavy atom. The molecule has 0 saturated heterocycles. The van der Waals surface area contributed by atoms with Gasteiger partial charge in [-0.1, -0.05) is 35.3 Å². The minimum absolute atomic E-state index is 0.0404. The highest BCUT2D eigenvalue weighted by atomic mass is 35.5. The molecule has 6 nitrogen and oxygen atoms in total. The van der Waals surface area contributed by atoms with Gasteiger partial charge in [-0.2, -0.15) is 4.48 Å². The molecule has 3 aromatic rings. The molecule has 0 bridgehead atoms. The van der Waals surface area contributed by atoms with E-state index >= 15 is 0 Å². The molecule has 1 amide bonds. The van der Waals surface area contributed by atoms with Crippen LogP contribution in [-0.2, 0) is 11.3 Å². The lowest BCUT2D eigenvalue weighted by Gasteiger charge is -2.34. The van der Waals surface area contributed by atoms with Crippen molar-refractivity contribution < 1.29 is 37.3 Å². The average molecular weight is 567 g/mol. The number of rotatable bonds is 7. The Hall–Kier alpha value is -3.53. The van der Waals surface area contributed by atoms with Gasteiger partial charge in [0.1, 0.15) is 23.7 Å². The highest BCUT2D eigenvalue weighted by molar-refractivity contribution is 6.37. The Balaban J connectivity index is 1.87. The summed E-state index contributed by atoms with van der Waals surface area (Å²) in [5.41, 5.74) is 1.98. The van der Waals surface area contributed by atoms with Crippen molar-refractivity contribution in [2.24, 2.45) is 0 Å². The molecule has 11 heteroatoms. The normalized spacial score (nSPS) is 17.4. The van der Waals surface area contributed by atoms with Gasteiger partial charge in [-0.3, -0.25) is 0 Å². The Bertz CT molecular complexity index is 1460. The lowest BCUT2D eigenvalue weighted by molar-refractivity contribution is -0.274. The number of alkyl halides is 3. The highest BCUT2D eigenvalue weighted by Crippen LogP contribution is 2.46. The summed E-state index contributed by atoms with van der Waals surface area (Å²) < 4.78 is 48.2. The van der Waals surface area contributed by atoms with Crippen molar-refractivity contribution in [2.75, 3.05) is 0 Å². The van der Waals surface area contributed by atoms with Gasteiger partial charge in [-0.15, -0.1) is 13.2 Å². The number of ether oxygens (including phenoxy) is 2. The van der Waals surface area contributed by atoms with Crippen LogP contribution in [-0.4, -0.2) is 29.4 Å². The van der Waals surface area contributed by atoms with Gasteiger partial charge in [-0.05, 0) is 49.4 Å². The van der Waals surface area contributed by atoms with Crippen LogP contribution < -0.4 is 14.0 Å². The number of carbonyl (C=O) groups excluding carboxylic acids is 1. The number of allylic oxidation sites excluding steroid dienone is 1. The fourth-order valence-corrected chi connectivity index (χ4v) is 4.85. The average Bonchev–Trinajstić information content (AvgIpc) is 3.09. The van der Waals surface area contributed by atoms with E-state index in [4.69, 9.17) is 27.9 Å². The van der Waals surface area contributed by atoms with E-state index in [0.717, 1.165) is 0 Å². The minimum Gasteiger partial charge on any atom is -0.479 e. The van der Waals surface area contributed by atoms with Crippen molar-refractivity contribution in [3.63, 3.8) is 0 Å². The first-order valence-corrected chi connectivity index (χ1v) is 12.0. The number of quaternary nitrogens is 1. The summed E-state index contributed by atoms with van der Waals surface area (Å²) in [7, 11) is 0. The van der Waals surface area contributed by atoms with Gasteiger partial charge >= 0.3 is 18.2 Å².